The van der Waals surface area contributed by atoms with Crippen molar-refractivity contribution in [1.29, 1.82) is 0 Å². The number of hydrogen-bond donors (Lipinski definition) is 1. The number of fused-ring (bicyclic) bond motifs is 1. The maximum absolute atomic E-state index is 14.0. The molecule has 2 heterocycles. The fourth-order valence-corrected chi connectivity index (χ4v) is 4.60. The van der Waals surface area contributed by atoms with Gasteiger partial charge in [-0.1, -0.05) is 36.4 Å². The topological polar surface area (TPSA) is 102 Å². The standard InChI is InChI=1S/C29H40N6O4/c1-5-29(3,4)30-28(37)27(22-11-13-23(14-12-22)39-6-2)34(16-15-33-17-19-38-20-18-33)26(36)21-35-25-10-8-7-9-24(25)31-32-35/h7-14,27H,5-6,15-21H2,1-4H3,(H,30,37)/t27-/m1/s1. The van der Waals surface area contributed by atoms with Crippen molar-refractivity contribution >= 4 is 22.8 Å². The van der Waals surface area contributed by atoms with Crippen LogP contribution in [0.5, 0.6) is 5.75 Å². The van der Waals surface area contributed by atoms with Gasteiger partial charge >= 0.3 is 0 Å². The number of rotatable bonds is 12. The third-order valence-corrected chi connectivity index (χ3v) is 7.20. The molecule has 1 atom stereocenters. The molecule has 2 amide bonds. The molecule has 0 radical (unpaired) electrons. The Bertz CT molecular complexity index is 1240. The van der Waals surface area contributed by atoms with E-state index in [-0.39, 0.29) is 18.4 Å². The Labute approximate surface area is 230 Å². The highest BCUT2D eigenvalue weighted by atomic mass is 16.5. The van der Waals surface area contributed by atoms with E-state index in [9.17, 15) is 9.59 Å². The Hall–Kier alpha value is -3.50. The highest BCUT2D eigenvalue weighted by molar-refractivity contribution is 5.89. The van der Waals surface area contributed by atoms with Gasteiger partial charge in [0.1, 0.15) is 23.9 Å². The maximum Gasteiger partial charge on any atom is 0.247 e. The van der Waals surface area contributed by atoms with Gasteiger partial charge in [-0.2, -0.15) is 0 Å². The SMILES string of the molecule is CCOc1ccc([C@H](C(=O)NC(C)(C)CC)N(CCN2CCOCC2)C(=O)Cn2nnc3ccccc32)cc1. The van der Waals surface area contributed by atoms with Crippen LogP contribution in [-0.2, 0) is 20.9 Å². The van der Waals surface area contributed by atoms with Crippen molar-refractivity contribution in [3.63, 3.8) is 0 Å². The van der Waals surface area contributed by atoms with Crippen molar-refractivity contribution in [2.45, 2.75) is 52.2 Å². The normalized spacial score (nSPS) is 15.2. The van der Waals surface area contributed by atoms with Crippen LogP contribution in [0.25, 0.3) is 11.0 Å². The number of morpholine rings is 1. The molecule has 1 saturated heterocycles. The fraction of sp³-hybridized carbons (Fsp3) is 0.517. The molecule has 2 aromatic carbocycles. The lowest BCUT2D eigenvalue weighted by atomic mass is 9.98. The number of amides is 2. The number of carbonyl (C=O) groups excluding carboxylic acids is 2. The van der Waals surface area contributed by atoms with E-state index in [1.165, 1.54) is 0 Å². The van der Waals surface area contributed by atoms with Gasteiger partial charge in [-0.3, -0.25) is 14.5 Å². The number of aromatic nitrogens is 3. The second-order valence-electron chi connectivity index (χ2n) is 10.4. The minimum atomic E-state index is -0.824. The van der Waals surface area contributed by atoms with E-state index >= 15 is 0 Å². The van der Waals surface area contributed by atoms with Crippen molar-refractivity contribution in [2.24, 2.45) is 0 Å². The van der Waals surface area contributed by atoms with E-state index < -0.39 is 11.6 Å². The molecule has 0 unspecified atom stereocenters. The zero-order valence-corrected chi connectivity index (χ0v) is 23.4. The predicted molar refractivity (Wildman–Crippen MR) is 149 cm³/mol. The van der Waals surface area contributed by atoms with Crippen LogP contribution >= 0.6 is 0 Å². The molecule has 1 aromatic heterocycles. The molecule has 1 aliphatic heterocycles. The molecule has 1 N–H and O–H groups in total. The quantitative estimate of drug-likeness (QED) is 0.380. The second-order valence-corrected chi connectivity index (χ2v) is 10.4. The monoisotopic (exact) mass is 536 g/mol. The van der Waals surface area contributed by atoms with Gasteiger partial charge in [0.15, 0.2) is 0 Å². The van der Waals surface area contributed by atoms with Gasteiger partial charge in [0.25, 0.3) is 0 Å². The lowest BCUT2D eigenvalue weighted by Gasteiger charge is -2.36. The Kier molecular flexibility index (Phi) is 9.53. The van der Waals surface area contributed by atoms with Crippen LogP contribution in [-0.4, -0.2) is 88.1 Å². The summed E-state index contributed by atoms with van der Waals surface area (Å²) in [7, 11) is 0. The molecule has 0 saturated carbocycles. The van der Waals surface area contributed by atoms with Gasteiger partial charge in [0.05, 0.1) is 25.3 Å². The second kappa shape index (κ2) is 13.0. The lowest BCUT2D eigenvalue weighted by molar-refractivity contribution is -0.142. The molecule has 0 spiro atoms. The van der Waals surface area contributed by atoms with Crippen molar-refractivity contribution in [3.05, 3.63) is 54.1 Å². The van der Waals surface area contributed by atoms with Gasteiger partial charge < -0.3 is 19.7 Å². The minimum absolute atomic E-state index is 0.0262. The van der Waals surface area contributed by atoms with Gasteiger partial charge in [0, 0.05) is 31.7 Å². The zero-order valence-electron chi connectivity index (χ0n) is 23.4. The number of ether oxygens (including phenoxy) is 2. The summed E-state index contributed by atoms with van der Waals surface area (Å²) in [5, 5.41) is 11.6. The minimum Gasteiger partial charge on any atom is -0.494 e. The smallest absolute Gasteiger partial charge is 0.247 e. The Morgan fingerprint density at radius 3 is 2.51 bits per heavy atom. The summed E-state index contributed by atoms with van der Waals surface area (Å²) in [5.74, 6) is 0.293. The van der Waals surface area contributed by atoms with Gasteiger partial charge in [-0.25, -0.2) is 4.68 Å². The number of carbonyl (C=O) groups is 2. The molecule has 1 fully saturated rings. The number of para-hydroxylation sites is 1. The fourth-order valence-electron chi connectivity index (χ4n) is 4.60. The predicted octanol–water partition coefficient (Wildman–Crippen LogP) is 3.04. The summed E-state index contributed by atoms with van der Waals surface area (Å²) in [6.07, 6.45) is 0.751. The molecule has 3 aromatic rings. The molecular formula is C29H40N6O4. The summed E-state index contributed by atoms with van der Waals surface area (Å²) >= 11 is 0. The first-order chi connectivity index (χ1) is 18.8. The summed E-state index contributed by atoms with van der Waals surface area (Å²) in [4.78, 5) is 31.9. The van der Waals surface area contributed by atoms with Gasteiger partial charge in [-0.05, 0) is 57.0 Å². The average molecular weight is 537 g/mol. The summed E-state index contributed by atoms with van der Waals surface area (Å²) in [6, 6.07) is 14.1. The number of nitrogens with zero attached hydrogens (tertiary/aromatic N) is 5. The van der Waals surface area contributed by atoms with Crippen LogP contribution in [0.1, 0.15) is 45.7 Å². The Balaban J connectivity index is 1.68. The summed E-state index contributed by atoms with van der Waals surface area (Å²) in [6.45, 7) is 12.4. The molecule has 39 heavy (non-hydrogen) atoms. The zero-order chi connectivity index (χ0) is 27.8. The van der Waals surface area contributed by atoms with E-state index in [4.69, 9.17) is 9.47 Å². The van der Waals surface area contributed by atoms with E-state index in [1.807, 2.05) is 76.2 Å². The molecule has 10 nitrogen and oxygen atoms in total. The molecular weight excluding hydrogens is 496 g/mol. The van der Waals surface area contributed by atoms with E-state index in [0.29, 0.717) is 32.9 Å². The van der Waals surface area contributed by atoms with Crippen LogP contribution in [0.4, 0.5) is 0 Å². The van der Waals surface area contributed by atoms with Gasteiger partial charge in [-0.15, -0.1) is 5.10 Å². The maximum atomic E-state index is 14.0. The highest BCUT2D eigenvalue weighted by Crippen LogP contribution is 2.26. The number of benzene rings is 2. The molecule has 0 aliphatic carbocycles. The molecule has 0 bridgehead atoms. The van der Waals surface area contributed by atoms with Gasteiger partial charge in [0.2, 0.25) is 11.8 Å². The molecule has 10 heteroatoms. The van der Waals surface area contributed by atoms with Crippen LogP contribution in [0.15, 0.2) is 48.5 Å². The van der Waals surface area contributed by atoms with Crippen LogP contribution in [0.3, 0.4) is 0 Å². The third kappa shape index (κ3) is 7.33. The first-order valence-corrected chi connectivity index (χ1v) is 13.7. The van der Waals surface area contributed by atoms with Crippen molar-refractivity contribution in [3.8, 4) is 5.75 Å². The Morgan fingerprint density at radius 1 is 1.10 bits per heavy atom. The third-order valence-electron chi connectivity index (χ3n) is 7.20. The first-order valence-electron chi connectivity index (χ1n) is 13.7. The number of hydrogen-bond acceptors (Lipinski definition) is 7. The highest BCUT2D eigenvalue weighted by Gasteiger charge is 2.34. The van der Waals surface area contributed by atoms with E-state index in [0.717, 1.165) is 41.9 Å². The van der Waals surface area contributed by atoms with Crippen molar-refractivity contribution in [1.82, 2.24) is 30.1 Å². The van der Waals surface area contributed by atoms with Crippen LogP contribution in [0, 0.1) is 0 Å². The lowest BCUT2D eigenvalue weighted by Crippen LogP contribution is -2.52. The van der Waals surface area contributed by atoms with Crippen LogP contribution < -0.4 is 10.1 Å². The first kappa shape index (κ1) is 28.5. The largest absolute Gasteiger partial charge is 0.494 e. The van der Waals surface area contributed by atoms with Crippen molar-refractivity contribution in [2.75, 3.05) is 46.0 Å². The number of nitrogens with one attached hydrogen (secondary N) is 1. The van der Waals surface area contributed by atoms with E-state index in [2.05, 4.69) is 20.5 Å². The molecule has 4 rings (SSSR count). The summed E-state index contributed by atoms with van der Waals surface area (Å²) < 4.78 is 12.7. The molecule has 1 aliphatic rings. The summed E-state index contributed by atoms with van der Waals surface area (Å²) in [5.41, 5.74) is 1.78. The van der Waals surface area contributed by atoms with Crippen molar-refractivity contribution < 1.29 is 19.1 Å². The van der Waals surface area contributed by atoms with E-state index in [1.54, 1.807) is 9.58 Å². The average Bonchev–Trinajstić information content (AvgIpc) is 3.34. The van der Waals surface area contributed by atoms with Crippen LogP contribution in [0.2, 0.25) is 0 Å². The Morgan fingerprint density at radius 2 is 1.82 bits per heavy atom. The molecule has 210 valence electrons.